The molecule has 1 rings (SSSR count). The van der Waals surface area contributed by atoms with Crippen molar-refractivity contribution in [1.82, 2.24) is 15.0 Å². The third-order valence-electron chi connectivity index (χ3n) is 2.78. The molecule has 0 atom stereocenters. The van der Waals surface area contributed by atoms with Gasteiger partial charge in [-0.15, -0.1) is 0 Å². The fourth-order valence-corrected chi connectivity index (χ4v) is 4.80. The molecule has 0 spiro atoms. The summed E-state index contributed by atoms with van der Waals surface area (Å²) in [5.41, 5.74) is 0. The standard InChI is InChI=1S/C14H29N5O3SSi/c1-6-15-12-17-13(19-14(18-12)23-10-5)16-11-24(20-7-2,21-8-3)22-9-4/h6-11H2,1-5H3,(H2,15,16,17,18,19). The van der Waals surface area contributed by atoms with Gasteiger partial charge in [0.25, 0.3) is 0 Å². The average molecular weight is 376 g/mol. The van der Waals surface area contributed by atoms with E-state index in [1.54, 1.807) is 11.8 Å². The Hall–Kier alpha value is -0.943. The Kier molecular flexibility index (Phi) is 10.2. The summed E-state index contributed by atoms with van der Waals surface area (Å²) >= 11 is 1.57. The van der Waals surface area contributed by atoms with Crippen LogP contribution in [0.3, 0.4) is 0 Å². The smallest absolute Gasteiger partial charge is 0.373 e. The van der Waals surface area contributed by atoms with Crippen LogP contribution in [-0.4, -0.2) is 62.0 Å². The lowest BCUT2D eigenvalue weighted by molar-refractivity contribution is 0.0740. The van der Waals surface area contributed by atoms with Crippen LogP contribution in [0.15, 0.2) is 5.16 Å². The second kappa shape index (κ2) is 11.6. The van der Waals surface area contributed by atoms with E-state index in [4.69, 9.17) is 13.3 Å². The van der Waals surface area contributed by atoms with Crippen molar-refractivity contribution < 1.29 is 13.3 Å². The van der Waals surface area contributed by atoms with Gasteiger partial charge in [-0.3, -0.25) is 0 Å². The first-order valence-corrected chi connectivity index (χ1v) is 11.3. The zero-order valence-electron chi connectivity index (χ0n) is 15.2. The van der Waals surface area contributed by atoms with Gasteiger partial charge >= 0.3 is 8.80 Å². The van der Waals surface area contributed by atoms with Gasteiger partial charge in [-0.2, -0.15) is 15.0 Å². The van der Waals surface area contributed by atoms with E-state index < -0.39 is 8.80 Å². The molecule has 0 aliphatic heterocycles. The first-order chi connectivity index (χ1) is 11.6. The molecule has 0 amide bonds. The minimum Gasteiger partial charge on any atom is -0.373 e. The van der Waals surface area contributed by atoms with Crippen molar-refractivity contribution in [3.8, 4) is 0 Å². The first-order valence-electron chi connectivity index (χ1n) is 8.41. The van der Waals surface area contributed by atoms with Gasteiger partial charge in [0.1, 0.15) is 0 Å². The molecule has 0 aliphatic carbocycles. The van der Waals surface area contributed by atoms with Gasteiger partial charge in [0.05, 0.1) is 6.17 Å². The van der Waals surface area contributed by atoms with Crippen LogP contribution in [-0.2, 0) is 13.3 Å². The minimum atomic E-state index is -2.79. The normalized spacial score (nSPS) is 11.5. The molecule has 2 N–H and O–H groups in total. The molecule has 0 aromatic carbocycles. The number of rotatable bonds is 13. The Morgan fingerprint density at radius 2 is 1.38 bits per heavy atom. The number of nitrogens with one attached hydrogen (secondary N) is 2. The van der Waals surface area contributed by atoms with Gasteiger partial charge < -0.3 is 23.9 Å². The van der Waals surface area contributed by atoms with Crippen LogP contribution in [0, 0.1) is 0 Å². The summed E-state index contributed by atoms with van der Waals surface area (Å²) in [6.45, 7) is 12.2. The number of hydrogen-bond donors (Lipinski definition) is 2. The zero-order chi connectivity index (χ0) is 17.8. The fraction of sp³-hybridized carbons (Fsp3) is 0.786. The van der Waals surface area contributed by atoms with E-state index in [0.717, 1.165) is 12.3 Å². The summed E-state index contributed by atoms with van der Waals surface area (Å²) in [6.07, 6.45) is 0.411. The molecule has 8 nitrogen and oxygen atoms in total. The summed E-state index contributed by atoms with van der Waals surface area (Å²) in [4.78, 5) is 13.2. The Bertz CT molecular complexity index is 442. The second-order valence-corrected chi connectivity index (χ2v) is 8.38. The van der Waals surface area contributed by atoms with Crippen molar-refractivity contribution in [2.45, 2.75) is 39.8 Å². The fourth-order valence-electron chi connectivity index (χ4n) is 1.99. The van der Waals surface area contributed by atoms with E-state index in [-0.39, 0.29) is 0 Å². The first kappa shape index (κ1) is 21.1. The maximum atomic E-state index is 5.83. The zero-order valence-corrected chi connectivity index (χ0v) is 17.0. The topological polar surface area (TPSA) is 90.4 Å². The minimum absolute atomic E-state index is 0.411. The van der Waals surface area contributed by atoms with Gasteiger partial charge in [0.15, 0.2) is 5.16 Å². The Morgan fingerprint density at radius 1 is 0.833 bits per heavy atom. The van der Waals surface area contributed by atoms with Crippen molar-refractivity contribution in [3.05, 3.63) is 0 Å². The highest BCUT2D eigenvalue weighted by molar-refractivity contribution is 7.99. The monoisotopic (exact) mass is 375 g/mol. The van der Waals surface area contributed by atoms with Crippen molar-refractivity contribution in [2.24, 2.45) is 0 Å². The third-order valence-corrected chi connectivity index (χ3v) is 6.30. The van der Waals surface area contributed by atoms with Crippen LogP contribution >= 0.6 is 11.8 Å². The van der Waals surface area contributed by atoms with E-state index >= 15 is 0 Å². The van der Waals surface area contributed by atoms with Crippen LogP contribution < -0.4 is 10.6 Å². The molecule has 0 fully saturated rings. The van der Waals surface area contributed by atoms with Crippen LogP contribution in [0.5, 0.6) is 0 Å². The van der Waals surface area contributed by atoms with Gasteiger partial charge in [-0.1, -0.05) is 18.7 Å². The molecule has 1 aromatic heterocycles. The number of nitrogens with zero attached hydrogens (tertiary/aromatic N) is 3. The van der Waals surface area contributed by atoms with Crippen LogP contribution in [0.4, 0.5) is 11.9 Å². The number of thioether (sulfide) groups is 1. The molecular formula is C14H29N5O3SSi. The van der Waals surface area contributed by atoms with Gasteiger partial charge in [0.2, 0.25) is 11.9 Å². The van der Waals surface area contributed by atoms with E-state index in [2.05, 4.69) is 32.5 Å². The Morgan fingerprint density at radius 3 is 1.83 bits per heavy atom. The molecule has 0 unspecified atom stereocenters. The molecule has 0 radical (unpaired) electrons. The molecule has 24 heavy (non-hydrogen) atoms. The summed E-state index contributed by atoms with van der Waals surface area (Å²) in [6, 6.07) is 0. The number of hydrogen-bond acceptors (Lipinski definition) is 9. The maximum Gasteiger partial charge on any atom is 0.521 e. The lowest BCUT2D eigenvalue weighted by Crippen LogP contribution is -2.52. The summed E-state index contributed by atoms with van der Waals surface area (Å²) in [5, 5.41) is 7.01. The second-order valence-electron chi connectivity index (χ2n) is 4.56. The van der Waals surface area contributed by atoms with Crippen molar-refractivity contribution in [3.63, 3.8) is 0 Å². The van der Waals surface area contributed by atoms with Crippen molar-refractivity contribution >= 4 is 32.5 Å². The van der Waals surface area contributed by atoms with E-state index in [9.17, 15) is 0 Å². The molecule has 1 aromatic rings. The molecule has 0 aliphatic rings. The number of aromatic nitrogens is 3. The predicted octanol–water partition coefficient (Wildman–Crippen LogP) is 2.41. The highest BCUT2D eigenvalue weighted by atomic mass is 32.2. The predicted molar refractivity (Wildman–Crippen MR) is 99.5 cm³/mol. The van der Waals surface area contributed by atoms with Gasteiger partial charge in [0, 0.05) is 26.4 Å². The average Bonchev–Trinajstić information content (AvgIpc) is 2.54. The summed E-state index contributed by atoms with van der Waals surface area (Å²) < 4.78 is 17.5. The molecule has 10 heteroatoms. The molecule has 0 saturated carbocycles. The lowest BCUT2D eigenvalue weighted by atomic mass is 10.7. The van der Waals surface area contributed by atoms with Crippen LogP contribution in [0.1, 0.15) is 34.6 Å². The van der Waals surface area contributed by atoms with Gasteiger partial charge in [-0.25, -0.2) is 0 Å². The Balaban J connectivity index is 2.91. The molecule has 0 bridgehead atoms. The lowest BCUT2D eigenvalue weighted by Gasteiger charge is -2.28. The molecule has 138 valence electrons. The molecular weight excluding hydrogens is 346 g/mol. The van der Waals surface area contributed by atoms with Crippen molar-refractivity contribution in [2.75, 3.05) is 48.9 Å². The van der Waals surface area contributed by atoms with Crippen LogP contribution in [0.25, 0.3) is 0 Å². The van der Waals surface area contributed by atoms with Gasteiger partial charge in [-0.05, 0) is 33.4 Å². The molecule has 0 saturated heterocycles. The highest BCUT2D eigenvalue weighted by Gasteiger charge is 2.40. The van der Waals surface area contributed by atoms with E-state index in [1.165, 1.54) is 0 Å². The molecule has 1 heterocycles. The number of anilines is 2. The Labute approximate surface area is 149 Å². The van der Waals surface area contributed by atoms with Crippen LogP contribution in [0.2, 0.25) is 0 Å². The maximum absolute atomic E-state index is 5.83. The summed E-state index contributed by atoms with van der Waals surface area (Å²) in [7, 11) is -2.79. The summed E-state index contributed by atoms with van der Waals surface area (Å²) in [5.74, 6) is 1.94. The third kappa shape index (κ3) is 6.89. The van der Waals surface area contributed by atoms with E-state index in [0.29, 0.717) is 43.0 Å². The largest absolute Gasteiger partial charge is 0.521 e. The highest BCUT2D eigenvalue weighted by Crippen LogP contribution is 2.17. The van der Waals surface area contributed by atoms with E-state index in [1.807, 2.05) is 27.7 Å². The SMILES string of the molecule is CCNc1nc(NC[Si](OCC)(OCC)OCC)nc(SCC)n1. The quantitative estimate of drug-likeness (QED) is 0.398. The van der Waals surface area contributed by atoms with Crippen molar-refractivity contribution in [1.29, 1.82) is 0 Å².